The average molecular weight is 501 g/mol. The molecule has 2 N–H and O–H groups in total. The Bertz CT molecular complexity index is 745. The van der Waals surface area contributed by atoms with Crippen molar-refractivity contribution in [1.29, 1.82) is 0 Å². The van der Waals surface area contributed by atoms with Crippen LogP contribution in [0.3, 0.4) is 0 Å². The van der Waals surface area contributed by atoms with Gasteiger partial charge in [0, 0.05) is 43.2 Å². The molecule has 27 heavy (non-hydrogen) atoms. The molecule has 3 rings (SSSR count). The van der Waals surface area contributed by atoms with Crippen molar-refractivity contribution in [2.24, 2.45) is 4.99 Å². The monoisotopic (exact) mass is 501 g/mol. The van der Waals surface area contributed by atoms with Gasteiger partial charge < -0.3 is 15.0 Å². The molecular weight excluding hydrogens is 469 g/mol. The minimum atomic E-state index is 0. The van der Waals surface area contributed by atoms with E-state index in [1.807, 2.05) is 0 Å². The molecule has 0 radical (unpaired) electrons. The summed E-state index contributed by atoms with van der Waals surface area (Å²) in [6.45, 7) is 8.10. The lowest BCUT2D eigenvalue weighted by atomic mass is 10.2. The van der Waals surface area contributed by atoms with Gasteiger partial charge in [0.15, 0.2) is 5.96 Å². The quantitative estimate of drug-likeness (QED) is 0.342. The highest BCUT2D eigenvalue weighted by Gasteiger charge is 2.25. The number of imidazole rings is 1. The first-order valence-electron chi connectivity index (χ1n) is 9.79. The Morgan fingerprint density at radius 2 is 2.22 bits per heavy atom. The van der Waals surface area contributed by atoms with Gasteiger partial charge in [-0.1, -0.05) is 13.0 Å². The van der Waals surface area contributed by atoms with Crippen molar-refractivity contribution >= 4 is 47.3 Å². The number of aryl methyl sites for hydroxylation is 1. The molecule has 0 aliphatic heterocycles. The zero-order valence-corrected chi connectivity index (χ0v) is 19.7. The predicted molar refractivity (Wildman–Crippen MR) is 128 cm³/mol. The zero-order chi connectivity index (χ0) is 18.4. The fraction of sp³-hybridized carbons (Fsp3) is 0.600. The molecule has 2 unspecified atom stereocenters. The molecule has 1 aliphatic rings. The summed E-state index contributed by atoms with van der Waals surface area (Å²) in [7, 11) is 0. The number of nitrogens with zero attached hydrogens (tertiary/aromatic N) is 3. The Morgan fingerprint density at radius 3 is 2.96 bits per heavy atom. The van der Waals surface area contributed by atoms with Crippen LogP contribution in [0.1, 0.15) is 44.4 Å². The van der Waals surface area contributed by atoms with Gasteiger partial charge in [-0.2, -0.15) is 11.8 Å². The normalized spacial score (nSPS) is 19.9. The van der Waals surface area contributed by atoms with Gasteiger partial charge in [0.2, 0.25) is 0 Å². The third-order valence-corrected chi connectivity index (χ3v) is 6.07. The molecule has 150 valence electrons. The topological polar surface area (TPSA) is 53.7 Å². The zero-order valence-electron chi connectivity index (χ0n) is 16.6. The Kier molecular flexibility index (Phi) is 9.21. The molecule has 1 saturated carbocycles. The predicted octanol–water partition coefficient (Wildman–Crippen LogP) is 4.03. The van der Waals surface area contributed by atoms with Crippen molar-refractivity contribution < 1.29 is 0 Å². The van der Waals surface area contributed by atoms with Gasteiger partial charge in [-0.15, -0.1) is 24.0 Å². The molecule has 7 heteroatoms. The summed E-state index contributed by atoms with van der Waals surface area (Å²) in [5, 5.41) is 7.82. The summed E-state index contributed by atoms with van der Waals surface area (Å²) >= 11 is 2.09. The van der Waals surface area contributed by atoms with Crippen LogP contribution in [-0.4, -0.2) is 45.5 Å². The van der Waals surface area contributed by atoms with Crippen LogP contribution in [0.2, 0.25) is 0 Å². The van der Waals surface area contributed by atoms with Gasteiger partial charge >= 0.3 is 0 Å². The van der Waals surface area contributed by atoms with E-state index in [0.717, 1.165) is 42.1 Å². The molecule has 1 aliphatic carbocycles. The highest BCUT2D eigenvalue weighted by Crippen LogP contribution is 2.29. The number of aliphatic imine (C=N–C) groups is 1. The molecule has 2 heterocycles. The van der Waals surface area contributed by atoms with Gasteiger partial charge in [-0.25, -0.2) is 4.98 Å². The third kappa shape index (κ3) is 6.27. The number of thioether (sulfide) groups is 1. The SMILES string of the molecule is CCNC(=NCCc1cn2cccc(C)c2n1)NC1CCC(SCC)C1.I. The van der Waals surface area contributed by atoms with Crippen molar-refractivity contribution in [3.63, 3.8) is 0 Å². The number of guanidine groups is 1. The van der Waals surface area contributed by atoms with Crippen molar-refractivity contribution in [2.75, 3.05) is 18.8 Å². The second-order valence-corrected chi connectivity index (χ2v) is 8.47. The van der Waals surface area contributed by atoms with Crippen LogP contribution in [0.25, 0.3) is 5.65 Å². The maximum atomic E-state index is 4.77. The molecular formula is C20H32IN5S. The van der Waals surface area contributed by atoms with Gasteiger partial charge in [0.25, 0.3) is 0 Å². The van der Waals surface area contributed by atoms with E-state index in [2.05, 4.69) is 72.1 Å². The molecule has 0 amide bonds. The van der Waals surface area contributed by atoms with E-state index in [1.54, 1.807) is 0 Å². The summed E-state index contributed by atoms with van der Waals surface area (Å²) < 4.78 is 2.10. The number of halogens is 1. The van der Waals surface area contributed by atoms with Crippen molar-refractivity contribution in [2.45, 2.75) is 57.7 Å². The van der Waals surface area contributed by atoms with E-state index >= 15 is 0 Å². The number of aromatic nitrogens is 2. The van der Waals surface area contributed by atoms with E-state index in [9.17, 15) is 0 Å². The smallest absolute Gasteiger partial charge is 0.191 e. The molecule has 2 aromatic rings. The van der Waals surface area contributed by atoms with Crippen LogP contribution in [0.4, 0.5) is 0 Å². The summed E-state index contributed by atoms with van der Waals surface area (Å²) in [5.41, 5.74) is 3.35. The van der Waals surface area contributed by atoms with Gasteiger partial charge in [-0.3, -0.25) is 4.99 Å². The largest absolute Gasteiger partial charge is 0.357 e. The van der Waals surface area contributed by atoms with Gasteiger partial charge in [-0.05, 0) is 50.5 Å². The third-order valence-electron chi connectivity index (χ3n) is 4.84. The molecule has 2 aromatic heterocycles. The van der Waals surface area contributed by atoms with E-state index in [4.69, 9.17) is 9.98 Å². The molecule has 0 bridgehead atoms. The Balaban J connectivity index is 0.00000261. The first kappa shape index (κ1) is 22.3. The molecule has 0 saturated heterocycles. The summed E-state index contributed by atoms with van der Waals surface area (Å²) in [6, 6.07) is 4.71. The van der Waals surface area contributed by atoms with Gasteiger partial charge in [0.05, 0.1) is 5.69 Å². The minimum Gasteiger partial charge on any atom is -0.357 e. The van der Waals surface area contributed by atoms with E-state index < -0.39 is 0 Å². The maximum absolute atomic E-state index is 4.77. The number of nitrogens with one attached hydrogen (secondary N) is 2. The van der Waals surface area contributed by atoms with Crippen molar-refractivity contribution in [3.8, 4) is 0 Å². The van der Waals surface area contributed by atoms with Crippen LogP contribution in [0.15, 0.2) is 29.5 Å². The number of hydrogen-bond acceptors (Lipinski definition) is 3. The van der Waals surface area contributed by atoms with Crippen molar-refractivity contribution in [1.82, 2.24) is 20.0 Å². The molecule has 5 nitrogen and oxygen atoms in total. The van der Waals surface area contributed by atoms with Crippen LogP contribution in [0, 0.1) is 6.92 Å². The highest BCUT2D eigenvalue weighted by molar-refractivity contribution is 14.0. The number of fused-ring (bicyclic) bond motifs is 1. The Hall–Kier alpha value is -0.960. The fourth-order valence-corrected chi connectivity index (χ4v) is 4.72. The lowest BCUT2D eigenvalue weighted by Gasteiger charge is -2.17. The van der Waals surface area contributed by atoms with E-state index in [1.165, 1.54) is 30.6 Å². The second kappa shape index (κ2) is 11.1. The minimum absolute atomic E-state index is 0. The number of hydrogen-bond donors (Lipinski definition) is 2. The fourth-order valence-electron chi connectivity index (χ4n) is 3.58. The van der Waals surface area contributed by atoms with E-state index in [-0.39, 0.29) is 24.0 Å². The average Bonchev–Trinajstić information content (AvgIpc) is 3.23. The Labute approximate surface area is 184 Å². The lowest BCUT2D eigenvalue weighted by molar-refractivity contribution is 0.615. The number of pyridine rings is 1. The summed E-state index contributed by atoms with van der Waals surface area (Å²) in [6.07, 6.45) is 8.83. The highest BCUT2D eigenvalue weighted by atomic mass is 127. The summed E-state index contributed by atoms with van der Waals surface area (Å²) in [4.78, 5) is 9.51. The first-order chi connectivity index (χ1) is 12.7. The molecule has 0 aromatic carbocycles. The molecule has 2 atom stereocenters. The first-order valence-corrected chi connectivity index (χ1v) is 10.8. The van der Waals surface area contributed by atoms with Crippen LogP contribution < -0.4 is 10.6 Å². The summed E-state index contributed by atoms with van der Waals surface area (Å²) in [5.74, 6) is 2.16. The van der Waals surface area contributed by atoms with Crippen molar-refractivity contribution in [3.05, 3.63) is 35.8 Å². The number of rotatable bonds is 7. The van der Waals surface area contributed by atoms with Crippen LogP contribution >= 0.6 is 35.7 Å². The van der Waals surface area contributed by atoms with E-state index in [0.29, 0.717) is 6.04 Å². The Morgan fingerprint density at radius 1 is 1.37 bits per heavy atom. The maximum Gasteiger partial charge on any atom is 0.191 e. The standard InChI is InChI=1S/C20H31N5S.HI/c1-4-21-20(24-16-8-9-18(13-16)26-5-2)22-11-10-17-14-25-12-6-7-15(3)19(25)23-17;/h6-7,12,14,16,18H,4-5,8-11,13H2,1-3H3,(H2,21,22,24);1H. The van der Waals surface area contributed by atoms with Crippen LogP contribution in [0.5, 0.6) is 0 Å². The van der Waals surface area contributed by atoms with Gasteiger partial charge in [0.1, 0.15) is 5.65 Å². The second-order valence-electron chi connectivity index (χ2n) is 6.90. The molecule has 1 fully saturated rings. The lowest BCUT2D eigenvalue weighted by Crippen LogP contribution is -2.42. The molecule has 0 spiro atoms. The van der Waals surface area contributed by atoms with Crippen LogP contribution in [-0.2, 0) is 6.42 Å².